The zero-order valence-corrected chi connectivity index (χ0v) is 7.52. The zero-order chi connectivity index (χ0) is 8.97. The van der Waals surface area contributed by atoms with Gasteiger partial charge in [-0.1, -0.05) is 0 Å². The van der Waals surface area contributed by atoms with Crippen LogP contribution in [0, 0.1) is 6.92 Å². The molecule has 0 aliphatic carbocycles. The van der Waals surface area contributed by atoms with Gasteiger partial charge < -0.3 is 5.32 Å². The fraction of sp³-hybridized carbons (Fsp3) is 0.125. The molecule has 0 saturated heterocycles. The van der Waals surface area contributed by atoms with Gasteiger partial charge in [-0.25, -0.2) is 0 Å². The Kier molecular flexibility index (Phi) is 3.13. The van der Waals surface area contributed by atoms with Gasteiger partial charge in [-0.05, 0) is 42.6 Å². The molecule has 0 bridgehead atoms. The highest BCUT2D eigenvalue weighted by Gasteiger charge is 1.97. The van der Waals surface area contributed by atoms with E-state index in [1.54, 1.807) is 0 Å². The van der Waals surface area contributed by atoms with E-state index in [1.165, 1.54) is 11.9 Å². The van der Waals surface area contributed by atoms with Gasteiger partial charge >= 0.3 is 0 Å². The molecule has 0 radical (unpaired) electrons. The first kappa shape index (κ1) is 9.09. The van der Waals surface area contributed by atoms with Crippen LogP contribution >= 0.6 is 11.9 Å². The van der Waals surface area contributed by atoms with Crippen molar-refractivity contribution in [1.29, 1.82) is 0 Å². The van der Waals surface area contributed by atoms with Crippen molar-refractivity contribution in [3.63, 3.8) is 0 Å². The first-order chi connectivity index (χ1) is 5.77. The number of benzene rings is 1. The molecule has 12 heavy (non-hydrogen) atoms. The minimum atomic E-state index is 0.664. The molecule has 0 fully saturated rings. The van der Waals surface area contributed by atoms with Crippen molar-refractivity contribution in [3.05, 3.63) is 23.8 Å². The Morgan fingerprint density at radius 3 is 2.83 bits per heavy atom. The predicted molar refractivity (Wildman–Crippen MR) is 50.9 cm³/mol. The predicted octanol–water partition coefficient (Wildman–Crippen LogP) is 1.53. The molecule has 3 N–H and O–H groups in total. The van der Waals surface area contributed by atoms with E-state index in [0.717, 1.165) is 16.1 Å². The Hall–Kier alpha value is -1.00. The van der Waals surface area contributed by atoms with Crippen molar-refractivity contribution in [2.75, 3.05) is 5.32 Å². The van der Waals surface area contributed by atoms with E-state index < -0.39 is 0 Å². The molecule has 0 aliphatic rings. The van der Waals surface area contributed by atoms with Crippen LogP contribution in [0.5, 0.6) is 0 Å². The largest absolute Gasteiger partial charge is 0.328 e. The van der Waals surface area contributed by atoms with Crippen LogP contribution in [0.3, 0.4) is 0 Å². The summed E-state index contributed by atoms with van der Waals surface area (Å²) < 4.78 is 0. The third kappa shape index (κ3) is 1.99. The molecule has 1 rings (SSSR count). The number of hydrogen-bond donors (Lipinski definition) is 2. The Bertz CT molecular complexity index is 288. The number of carbonyl (C=O) groups excluding carboxylic acids is 1. The summed E-state index contributed by atoms with van der Waals surface area (Å²) in [5, 5.41) is 7.97. The summed E-state index contributed by atoms with van der Waals surface area (Å²) in [6, 6.07) is 5.62. The van der Waals surface area contributed by atoms with Crippen molar-refractivity contribution in [1.82, 2.24) is 0 Å². The lowest BCUT2D eigenvalue weighted by Gasteiger charge is -2.04. The van der Waals surface area contributed by atoms with E-state index in [1.807, 2.05) is 25.1 Å². The molecular weight excluding hydrogens is 172 g/mol. The van der Waals surface area contributed by atoms with E-state index >= 15 is 0 Å². The molecule has 4 heteroatoms. The van der Waals surface area contributed by atoms with E-state index in [9.17, 15) is 4.79 Å². The lowest BCUT2D eigenvalue weighted by molar-refractivity contribution is -0.105. The molecule has 0 heterocycles. The highest BCUT2D eigenvalue weighted by molar-refractivity contribution is 7.97. The summed E-state index contributed by atoms with van der Waals surface area (Å²) >= 11 is 1.19. The molecular formula is C8H10N2OS. The van der Waals surface area contributed by atoms with Crippen LogP contribution in [0.1, 0.15) is 5.56 Å². The number of aryl methyl sites for hydroxylation is 1. The number of rotatable bonds is 3. The van der Waals surface area contributed by atoms with Crippen LogP contribution in [-0.4, -0.2) is 6.41 Å². The molecule has 0 aromatic heterocycles. The summed E-state index contributed by atoms with van der Waals surface area (Å²) in [5.41, 5.74) is 1.83. The first-order valence-electron chi connectivity index (χ1n) is 3.45. The average molecular weight is 182 g/mol. The second-order valence-electron chi connectivity index (χ2n) is 2.36. The summed E-state index contributed by atoms with van der Waals surface area (Å²) in [6.45, 7) is 1.92. The lowest BCUT2D eigenvalue weighted by atomic mass is 10.2. The van der Waals surface area contributed by atoms with E-state index in [4.69, 9.17) is 5.14 Å². The Morgan fingerprint density at radius 2 is 2.33 bits per heavy atom. The average Bonchev–Trinajstić information content (AvgIpc) is 2.09. The van der Waals surface area contributed by atoms with Gasteiger partial charge in [-0.3, -0.25) is 9.93 Å². The van der Waals surface area contributed by atoms with Gasteiger partial charge in [-0.15, -0.1) is 0 Å². The Balaban J connectivity index is 2.94. The standard InChI is InChI=1S/C8H10N2OS/c1-6-4-7(12-9)2-3-8(6)10-5-11/h2-5H,9H2,1H3,(H,10,11). The number of hydrogen-bond acceptors (Lipinski definition) is 3. The molecule has 1 aromatic rings. The van der Waals surface area contributed by atoms with Gasteiger partial charge in [0.2, 0.25) is 6.41 Å². The number of nitrogens with two attached hydrogens (primary N) is 1. The third-order valence-electron chi connectivity index (χ3n) is 1.55. The molecule has 0 unspecified atom stereocenters. The van der Waals surface area contributed by atoms with Gasteiger partial charge in [0.1, 0.15) is 0 Å². The van der Waals surface area contributed by atoms with E-state index in [2.05, 4.69) is 5.32 Å². The molecule has 0 aliphatic heterocycles. The smallest absolute Gasteiger partial charge is 0.211 e. The first-order valence-corrected chi connectivity index (χ1v) is 4.33. The minimum Gasteiger partial charge on any atom is -0.328 e. The number of nitrogens with one attached hydrogen (secondary N) is 1. The highest BCUT2D eigenvalue weighted by atomic mass is 32.2. The van der Waals surface area contributed by atoms with Crippen LogP contribution in [0.15, 0.2) is 23.1 Å². The quantitative estimate of drug-likeness (QED) is 0.550. The highest BCUT2D eigenvalue weighted by Crippen LogP contribution is 2.20. The molecule has 0 spiro atoms. The second-order valence-corrected chi connectivity index (χ2v) is 3.06. The molecule has 0 atom stereocenters. The molecule has 3 nitrogen and oxygen atoms in total. The van der Waals surface area contributed by atoms with Gasteiger partial charge in [0.15, 0.2) is 0 Å². The Labute approximate surface area is 75.5 Å². The fourth-order valence-electron chi connectivity index (χ4n) is 0.935. The topological polar surface area (TPSA) is 55.1 Å². The van der Waals surface area contributed by atoms with Crippen molar-refractivity contribution >= 4 is 24.0 Å². The van der Waals surface area contributed by atoms with Gasteiger partial charge in [0.05, 0.1) is 0 Å². The van der Waals surface area contributed by atoms with E-state index in [0.29, 0.717) is 6.41 Å². The lowest BCUT2D eigenvalue weighted by Crippen LogP contribution is -1.96. The van der Waals surface area contributed by atoms with Crippen LogP contribution < -0.4 is 10.5 Å². The van der Waals surface area contributed by atoms with E-state index in [-0.39, 0.29) is 0 Å². The summed E-state index contributed by atoms with van der Waals surface area (Å²) in [4.78, 5) is 11.1. The Morgan fingerprint density at radius 1 is 1.58 bits per heavy atom. The maximum atomic E-state index is 10.1. The summed E-state index contributed by atoms with van der Waals surface area (Å²) in [7, 11) is 0. The van der Waals surface area contributed by atoms with Gasteiger partial charge in [0.25, 0.3) is 0 Å². The normalized spacial score (nSPS) is 9.50. The van der Waals surface area contributed by atoms with Crippen LogP contribution in [0.25, 0.3) is 0 Å². The number of amides is 1. The van der Waals surface area contributed by atoms with Crippen molar-refractivity contribution in [3.8, 4) is 0 Å². The fourth-order valence-corrected chi connectivity index (χ4v) is 1.33. The van der Waals surface area contributed by atoms with Gasteiger partial charge in [-0.2, -0.15) is 0 Å². The number of anilines is 1. The van der Waals surface area contributed by atoms with Crippen LogP contribution in [0.2, 0.25) is 0 Å². The molecule has 64 valence electrons. The maximum Gasteiger partial charge on any atom is 0.211 e. The third-order valence-corrected chi connectivity index (χ3v) is 2.07. The number of carbonyl (C=O) groups is 1. The summed E-state index contributed by atoms with van der Waals surface area (Å²) in [6.07, 6.45) is 0.664. The van der Waals surface area contributed by atoms with Gasteiger partial charge in [0, 0.05) is 10.6 Å². The second kappa shape index (κ2) is 4.13. The SMILES string of the molecule is Cc1cc(SN)ccc1NC=O. The zero-order valence-electron chi connectivity index (χ0n) is 6.70. The monoisotopic (exact) mass is 182 g/mol. The summed E-state index contributed by atoms with van der Waals surface area (Å²) in [5.74, 6) is 0. The van der Waals surface area contributed by atoms with Crippen LogP contribution in [0.4, 0.5) is 5.69 Å². The molecule has 0 saturated carbocycles. The van der Waals surface area contributed by atoms with Crippen molar-refractivity contribution < 1.29 is 4.79 Å². The minimum absolute atomic E-state index is 0.664. The molecule has 1 amide bonds. The van der Waals surface area contributed by atoms with Crippen molar-refractivity contribution in [2.45, 2.75) is 11.8 Å². The van der Waals surface area contributed by atoms with Crippen LogP contribution in [-0.2, 0) is 4.79 Å². The molecule has 1 aromatic carbocycles. The van der Waals surface area contributed by atoms with Crippen molar-refractivity contribution in [2.24, 2.45) is 5.14 Å². The maximum absolute atomic E-state index is 10.1.